The van der Waals surface area contributed by atoms with Gasteiger partial charge in [-0.3, -0.25) is 0 Å². The molecule has 0 aliphatic carbocycles. The second kappa shape index (κ2) is 6.04. The average Bonchev–Trinajstić information content (AvgIpc) is 2.30. The maximum atomic E-state index is 13.7. The smallest absolute Gasteiger partial charge is 0.243 e. The number of hydrogen-bond donors (Lipinski definition) is 2. The van der Waals surface area contributed by atoms with Crippen LogP contribution in [0.5, 0.6) is 0 Å². The Morgan fingerprint density at radius 2 is 2.05 bits per heavy atom. The SMILES string of the molecule is CC(CNS(=O)(=O)c1cc(Cl)cc(N)c1F)N(C)C. The lowest BCUT2D eigenvalue weighted by atomic mass is 10.3. The highest BCUT2D eigenvalue weighted by molar-refractivity contribution is 7.89. The monoisotopic (exact) mass is 309 g/mol. The molecule has 5 nitrogen and oxygen atoms in total. The highest BCUT2D eigenvalue weighted by Gasteiger charge is 2.22. The Morgan fingerprint density at radius 3 is 2.58 bits per heavy atom. The van der Waals surface area contributed by atoms with E-state index in [4.69, 9.17) is 17.3 Å². The van der Waals surface area contributed by atoms with E-state index in [0.29, 0.717) is 0 Å². The van der Waals surface area contributed by atoms with Crippen LogP contribution in [-0.2, 0) is 10.0 Å². The topological polar surface area (TPSA) is 75.4 Å². The number of sulfonamides is 1. The molecule has 0 saturated carbocycles. The van der Waals surface area contributed by atoms with Gasteiger partial charge < -0.3 is 10.6 Å². The van der Waals surface area contributed by atoms with E-state index >= 15 is 0 Å². The maximum absolute atomic E-state index is 13.7. The van der Waals surface area contributed by atoms with E-state index in [0.717, 1.165) is 6.07 Å². The number of nitrogens with one attached hydrogen (secondary N) is 1. The molecular formula is C11H17ClFN3O2S. The highest BCUT2D eigenvalue weighted by atomic mass is 35.5. The second-order valence-electron chi connectivity index (χ2n) is 4.47. The summed E-state index contributed by atoms with van der Waals surface area (Å²) in [7, 11) is -0.348. The number of likely N-dealkylation sites (N-methyl/N-ethyl adjacent to an activating group) is 1. The minimum Gasteiger partial charge on any atom is -0.396 e. The van der Waals surface area contributed by atoms with Gasteiger partial charge in [-0.15, -0.1) is 0 Å². The van der Waals surface area contributed by atoms with E-state index < -0.39 is 20.7 Å². The quantitative estimate of drug-likeness (QED) is 0.804. The summed E-state index contributed by atoms with van der Waals surface area (Å²) in [5.41, 5.74) is 5.06. The molecule has 8 heteroatoms. The lowest BCUT2D eigenvalue weighted by Crippen LogP contribution is -2.38. The number of nitrogen functional groups attached to an aromatic ring is 1. The van der Waals surface area contributed by atoms with Gasteiger partial charge in [0.15, 0.2) is 5.82 Å². The summed E-state index contributed by atoms with van der Waals surface area (Å²) >= 11 is 5.69. The van der Waals surface area contributed by atoms with Crippen LogP contribution in [0.15, 0.2) is 17.0 Å². The molecule has 108 valence electrons. The van der Waals surface area contributed by atoms with Crippen molar-refractivity contribution in [3.8, 4) is 0 Å². The van der Waals surface area contributed by atoms with Crippen LogP contribution in [0.2, 0.25) is 5.02 Å². The molecule has 0 spiro atoms. The number of anilines is 1. The summed E-state index contributed by atoms with van der Waals surface area (Å²) in [6, 6.07) is 2.17. The fraction of sp³-hybridized carbons (Fsp3) is 0.455. The average molecular weight is 310 g/mol. The van der Waals surface area contributed by atoms with Gasteiger partial charge in [0.1, 0.15) is 4.90 Å². The van der Waals surface area contributed by atoms with Crippen LogP contribution < -0.4 is 10.5 Å². The van der Waals surface area contributed by atoms with E-state index in [1.54, 1.807) is 0 Å². The molecule has 0 aliphatic rings. The Labute approximate surface area is 117 Å². The van der Waals surface area contributed by atoms with Gasteiger partial charge in [-0.1, -0.05) is 11.6 Å². The predicted molar refractivity (Wildman–Crippen MR) is 74.2 cm³/mol. The molecule has 1 unspecified atom stereocenters. The first-order valence-electron chi connectivity index (χ1n) is 5.55. The van der Waals surface area contributed by atoms with Gasteiger partial charge >= 0.3 is 0 Å². The fourth-order valence-corrected chi connectivity index (χ4v) is 2.81. The van der Waals surface area contributed by atoms with Crippen LogP contribution in [0, 0.1) is 5.82 Å². The standard InChI is InChI=1S/C11H17ClFN3O2S/c1-7(16(2)3)6-15-19(17,18)10-5-8(12)4-9(14)11(10)13/h4-5,7,15H,6,14H2,1-3H3. The first-order valence-corrected chi connectivity index (χ1v) is 7.42. The number of rotatable bonds is 5. The number of nitrogens with two attached hydrogens (primary N) is 1. The van der Waals surface area contributed by atoms with Crippen molar-refractivity contribution >= 4 is 27.3 Å². The van der Waals surface area contributed by atoms with Crippen LogP contribution >= 0.6 is 11.6 Å². The summed E-state index contributed by atoms with van der Waals surface area (Å²) in [5, 5.41) is 0.0694. The zero-order chi connectivity index (χ0) is 14.8. The molecular weight excluding hydrogens is 293 g/mol. The number of nitrogens with zero attached hydrogens (tertiary/aromatic N) is 1. The lowest BCUT2D eigenvalue weighted by Gasteiger charge is -2.20. The molecule has 0 aromatic heterocycles. The first-order chi connectivity index (χ1) is 8.65. The van der Waals surface area contributed by atoms with E-state index in [-0.39, 0.29) is 23.3 Å². The maximum Gasteiger partial charge on any atom is 0.243 e. The van der Waals surface area contributed by atoms with Gasteiger partial charge in [-0.05, 0) is 33.2 Å². The number of benzene rings is 1. The Bertz CT molecular complexity index is 563. The van der Waals surface area contributed by atoms with E-state index in [1.165, 1.54) is 6.07 Å². The minimum absolute atomic E-state index is 0.0330. The summed E-state index contributed by atoms with van der Waals surface area (Å²) in [6.07, 6.45) is 0. The molecule has 0 amide bonds. The third-order valence-corrected chi connectivity index (χ3v) is 4.41. The van der Waals surface area contributed by atoms with E-state index in [2.05, 4.69) is 4.72 Å². The zero-order valence-electron chi connectivity index (χ0n) is 10.9. The largest absolute Gasteiger partial charge is 0.396 e. The van der Waals surface area contributed by atoms with E-state index in [1.807, 2.05) is 25.9 Å². The van der Waals surface area contributed by atoms with Crippen LogP contribution in [-0.4, -0.2) is 40.0 Å². The minimum atomic E-state index is -3.98. The van der Waals surface area contributed by atoms with E-state index in [9.17, 15) is 12.8 Å². The van der Waals surface area contributed by atoms with Crippen molar-refractivity contribution in [3.05, 3.63) is 23.0 Å². The van der Waals surface area contributed by atoms with Gasteiger partial charge in [-0.2, -0.15) is 0 Å². The Balaban J connectivity index is 3.01. The molecule has 1 aromatic carbocycles. The summed E-state index contributed by atoms with van der Waals surface area (Å²) in [4.78, 5) is 1.30. The molecule has 0 bridgehead atoms. The number of hydrogen-bond acceptors (Lipinski definition) is 4. The predicted octanol–water partition coefficient (Wildman–Crippen LogP) is 1.29. The third-order valence-electron chi connectivity index (χ3n) is 2.77. The molecule has 0 fully saturated rings. The Kier molecular flexibility index (Phi) is 5.14. The first kappa shape index (κ1) is 16.2. The fourth-order valence-electron chi connectivity index (χ4n) is 1.27. The Hall–Kier alpha value is -0.890. The van der Waals surface area contributed by atoms with Crippen molar-refractivity contribution in [1.82, 2.24) is 9.62 Å². The summed E-state index contributed by atoms with van der Waals surface area (Å²) in [6.45, 7) is 1.99. The van der Waals surface area contributed by atoms with Crippen molar-refractivity contribution < 1.29 is 12.8 Å². The molecule has 0 heterocycles. The zero-order valence-corrected chi connectivity index (χ0v) is 12.5. The normalized spacial score (nSPS) is 13.8. The van der Waals surface area contributed by atoms with Crippen molar-refractivity contribution in [1.29, 1.82) is 0 Å². The molecule has 0 radical (unpaired) electrons. The van der Waals surface area contributed by atoms with Crippen molar-refractivity contribution in [3.63, 3.8) is 0 Å². The van der Waals surface area contributed by atoms with Crippen LogP contribution in [0.1, 0.15) is 6.92 Å². The van der Waals surface area contributed by atoms with Gasteiger partial charge in [0, 0.05) is 17.6 Å². The molecule has 1 rings (SSSR count). The van der Waals surface area contributed by atoms with Gasteiger partial charge in [0.05, 0.1) is 5.69 Å². The second-order valence-corrected chi connectivity index (χ2v) is 6.64. The van der Waals surface area contributed by atoms with Crippen LogP contribution in [0.4, 0.5) is 10.1 Å². The molecule has 1 aromatic rings. The molecule has 0 aliphatic heterocycles. The molecule has 19 heavy (non-hydrogen) atoms. The molecule has 1 atom stereocenters. The third kappa shape index (κ3) is 4.04. The van der Waals surface area contributed by atoms with Crippen molar-refractivity contribution in [2.75, 3.05) is 26.4 Å². The Morgan fingerprint density at radius 1 is 1.47 bits per heavy atom. The van der Waals surface area contributed by atoms with Crippen LogP contribution in [0.25, 0.3) is 0 Å². The van der Waals surface area contributed by atoms with Gasteiger partial charge in [-0.25, -0.2) is 17.5 Å². The molecule has 3 N–H and O–H groups in total. The highest BCUT2D eigenvalue weighted by Crippen LogP contribution is 2.25. The van der Waals surface area contributed by atoms with Crippen molar-refractivity contribution in [2.45, 2.75) is 17.9 Å². The van der Waals surface area contributed by atoms with Gasteiger partial charge in [0.2, 0.25) is 10.0 Å². The van der Waals surface area contributed by atoms with Crippen molar-refractivity contribution in [2.24, 2.45) is 0 Å². The lowest BCUT2D eigenvalue weighted by molar-refractivity contribution is 0.313. The van der Waals surface area contributed by atoms with Gasteiger partial charge in [0.25, 0.3) is 0 Å². The number of halogens is 2. The van der Waals surface area contributed by atoms with Crippen LogP contribution in [0.3, 0.4) is 0 Å². The summed E-state index contributed by atoms with van der Waals surface area (Å²) in [5.74, 6) is -0.991. The summed E-state index contributed by atoms with van der Waals surface area (Å²) < 4.78 is 40.1. The molecule has 0 saturated heterocycles.